The third-order valence-corrected chi connectivity index (χ3v) is 2.95. The maximum absolute atomic E-state index is 12.5. The lowest BCUT2D eigenvalue weighted by atomic mass is 10.2. The minimum absolute atomic E-state index is 0.365. The summed E-state index contributed by atoms with van der Waals surface area (Å²) in [4.78, 5) is 6.90. The molecule has 1 aromatic heterocycles. The van der Waals surface area contributed by atoms with Crippen molar-refractivity contribution in [2.45, 2.75) is 12.7 Å². The lowest BCUT2D eigenvalue weighted by molar-refractivity contribution is -0.137. The van der Waals surface area contributed by atoms with Crippen molar-refractivity contribution in [3.05, 3.63) is 46.5 Å². The van der Waals surface area contributed by atoms with Crippen LogP contribution in [0.4, 0.5) is 18.9 Å². The van der Waals surface area contributed by atoms with Gasteiger partial charge in [0, 0.05) is 22.6 Å². The number of H-pyrrole nitrogens is 1. The van der Waals surface area contributed by atoms with E-state index < -0.39 is 11.7 Å². The van der Waals surface area contributed by atoms with Crippen molar-refractivity contribution >= 4 is 21.6 Å². The Morgan fingerprint density at radius 3 is 2.67 bits per heavy atom. The highest BCUT2D eigenvalue weighted by Gasteiger charge is 2.30. The Kier molecular flexibility index (Phi) is 3.60. The first kappa shape index (κ1) is 12.9. The van der Waals surface area contributed by atoms with Crippen LogP contribution < -0.4 is 5.32 Å². The zero-order valence-corrected chi connectivity index (χ0v) is 10.6. The molecule has 2 aromatic rings. The van der Waals surface area contributed by atoms with Crippen LogP contribution in [-0.2, 0) is 12.7 Å². The van der Waals surface area contributed by atoms with E-state index in [9.17, 15) is 13.2 Å². The zero-order valence-electron chi connectivity index (χ0n) is 9.05. The third-order valence-electron chi connectivity index (χ3n) is 2.30. The zero-order chi connectivity index (χ0) is 13.2. The van der Waals surface area contributed by atoms with Gasteiger partial charge in [-0.2, -0.15) is 13.2 Å². The van der Waals surface area contributed by atoms with Crippen molar-refractivity contribution in [1.29, 1.82) is 0 Å². The topological polar surface area (TPSA) is 40.7 Å². The molecule has 2 rings (SSSR count). The van der Waals surface area contributed by atoms with Crippen LogP contribution in [0.5, 0.6) is 0 Å². The number of benzene rings is 1. The Balaban J connectivity index is 2.10. The van der Waals surface area contributed by atoms with Crippen molar-refractivity contribution in [2.75, 3.05) is 5.32 Å². The van der Waals surface area contributed by atoms with E-state index in [4.69, 9.17) is 0 Å². The molecule has 0 atom stereocenters. The summed E-state index contributed by atoms with van der Waals surface area (Å²) in [5, 5.41) is 2.99. The summed E-state index contributed by atoms with van der Waals surface area (Å²) in [6.45, 7) is 0.414. The van der Waals surface area contributed by atoms with Gasteiger partial charge in [-0.25, -0.2) is 4.98 Å². The number of anilines is 1. The Morgan fingerprint density at radius 2 is 2.11 bits per heavy atom. The Morgan fingerprint density at radius 1 is 1.33 bits per heavy atom. The molecular weight excluding hydrogens is 311 g/mol. The summed E-state index contributed by atoms with van der Waals surface area (Å²) >= 11 is 3.11. The molecule has 0 aliphatic heterocycles. The van der Waals surface area contributed by atoms with Gasteiger partial charge in [0.2, 0.25) is 0 Å². The second-order valence-electron chi connectivity index (χ2n) is 3.58. The second-order valence-corrected chi connectivity index (χ2v) is 4.44. The second kappa shape index (κ2) is 5.01. The van der Waals surface area contributed by atoms with Crippen LogP contribution in [0.1, 0.15) is 11.4 Å². The fourth-order valence-electron chi connectivity index (χ4n) is 1.41. The lowest BCUT2D eigenvalue weighted by Crippen LogP contribution is -2.06. The largest absolute Gasteiger partial charge is 0.416 e. The first-order valence-electron chi connectivity index (χ1n) is 5.05. The number of nitrogens with zero attached hydrogens (tertiary/aromatic N) is 1. The van der Waals surface area contributed by atoms with Gasteiger partial charge in [0.05, 0.1) is 12.1 Å². The van der Waals surface area contributed by atoms with E-state index in [1.807, 2.05) is 0 Å². The average molecular weight is 320 g/mol. The number of alkyl halides is 3. The monoisotopic (exact) mass is 319 g/mol. The molecule has 7 heteroatoms. The molecule has 1 heterocycles. The number of aromatic amines is 1. The molecule has 0 aliphatic rings. The van der Waals surface area contributed by atoms with Gasteiger partial charge in [-0.05, 0) is 34.1 Å². The standard InChI is InChI=1S/C11H9BrF3N3/c12-8-5-7(11(13,14)15)1-2-9(8)18-6-10-16-3-4-17-10/h1-5,18H,6H2,(H,16,17). The van der Waals surface area contributed by atoms with Crippen molar-refractivity contribution in [3.63, 3.8) is 0 Å². The highest BCUT2D eigenvalue weighted by molar-refractivity contribution is 9.10. The normalized spacial score (nSPS) is 11.6. The van der Waals surface area contributed by atoms with E-state index in [2.05, 4.69) is 31.2 Å². The molecular formula is C11H9BrF3N3. The fraction of sp³-hybridized carbons (Fsp3) is 0.182. The molecule has 0 spiro atoms. The molecule has 0 bridgehead atoms. The molecule has 0 aliphatic carbocycles. The van der Waals surface area contributed by atoms with E-state index in [-0.39, 0.29) is 0 Å². The van der Waals surface area contributed by atoms with E-state index in [0.29, 0.717) is 22.5 Å². The van der Waals surface area contributed by atoms with Gasteiger partial charge in [0.15, 0.2) is 0 Å². The van der Waals surface area contributed by atoms with Gasteiger partial charge in [-0.1, -0.05) is 0 Å². The molecule has 18 heavy (non-hydrogen) atoms. The SMILES string of the molecule is FC(F)(F)c1ccc(NCc2ncc[nH]2)c(Br)c1. The number of nitrogens with one attached hydrogen (secondary N) is 2. The maximum atomic E-state index is 12.5. The van der Waals surface area contributed by atoms with Gasteiger partial charge in [0.25, 0.3) is 0 Å². The summed E-state index contributed by atoms with van der Waals surface area (Å²) in [5.41, 5.74) is -0.0997. The van der Waals surface area contributed by atoms with Crippen LogP contribution in [0, 0.1) is 0 Å². The first-order chi connectivity index (χ1) is 8.47. The highest BCUT2D eigenvalue weighted by Crippen LogP contribution is 2.33. The first-order valence-corrected chi connectivity index (χ1v) is 5.85. The van der Waals surface area contributed by atoms with E-state index in [0.717, 1.165) is 12.1 Å². The highest BCUT2D eigenvalue weighted by atomic mass is 79.9. The van der Waals surface area contributed by atoms with Gasteiger partial charge < -0.3 is 10.3 Å². The molecule has 1 aromatic carbocycles. The van der Waals surface area contributed by atoms with Crippen molar-refractivity contribution in [1.82, 2.24) is 9.97 Å². The molecule has 0 saturated heterocycles. The third kappa shape index (κ3) is 3.04. The van der Waals surface area contributed by atoms with Crippen LogP contribution in [0.15, 0.2) is 35.1 Å². The van der Waals surface area contributed by atoms with Crippen molar-refractivity contribution in [3.8, 4) is 0 Å². The number of aromatic nitrogens is 2. The number of imidazole rings is 1. The molecule has 0 fully saturated rings. The molecule has 3 nitrogen and oxygen atoms in total. The summed E-state index contributed by atoms with van der Waals surface area (Å²) < 4.78 is 37.7. The molecule has 0 amide bonds. The predicted octanol–water partition coefficient (Wildman–Crippen LogP) is 3.80. The van der Waals surface area contributed by atoms with Gasteiger partial charge in [-0.3, -0.25) is 0 Å². The number of halogens is 4. The minimum atomic E-state index is -4.33. The number of hydrogen-bond donors (Lipinski definition) is 2. The Hall–Kier alpha value is -1.50. The van der Waals surface area contributed by atoms with Gasteiger partial charge in [0.1, 0.15) is 5.82 Å². The Labute approximate surface area is 110 Å². The van der Waals surface area contributed by atoms with Crippen LogP contribution in [0.25, 0.3) is 0 Å². The maximum Gasteiger partial charge on any atom is 0.416 e. The average Bonchev–Trinajstić information content (AvgIpc) is 2.79. The summed E-state index contributed by atoms with van der Waals surface area (Å²) in [5.74, 6) is 0.710. The molecule has 0 unspecified atom stereocenters. The van der Waals surface area contributed by atoms with Crippen molar-refractivity contribution < 1.29 is 13.2 Å². The van der Waals surface area contributed by atoms with Crippen LogP contribution in [-0.4, -0.2) is 9.97 Å². The summed E-state index contributed by atoms with van der Waals surface area (Å²) in [6, 6.07) is 3.47. The van der Waals surface area contributed by atoms with Crippen LogP contribution >= 0.6 is 15.9 Å². The van der Waals surface area contributed by atoms with Gasteiger partial charge in [-0.15, -0.1) is 0 Å². The van der Waals surface area contributed by atoms with Crippen molar-refractivity contribution in [2.24, 2.45) is 0 Å². The predicted molar refractivity (Wildman–Crippen MR) is 65.1 cm³/mol. The Bertz CT molecular complexity index is 523. The number of hydrogen-bond acceptors (Lipinski definition) is 2. The van der Waals surface area contributed by atoms with Crippen LogP contribution in [0.3, 0.4) is 0 Å². The summed E-state index contributed by atoms with van der Waals surface area (Å²) in [6.07, 6.45) is -1.04. The smallest absolute Gasteiger partial charge is 0.377 e. The minimum Gasteiger partial charge on any atom is -0.377 e. The van der Waals surface area contributed by atoms with E-state index in [1.54, 1.807) is 12.4 Å². The van der Waals surface area contributed by atoms with Gasteiger partial charge >= 0.3 is 6.18 Å². The molecule has 2 N–H and O–H groups in total. The number of rotatable bonds is 3. The van der Waals surface area contributed by atoms with E-state index >= 15 is 0 Å². The molecule has 0 saturated carbocycles. The quantitative estimate of drug-likeness (QED) is 0.903. The van der Waals surface area contributed by atoms with Crippen LogP contribution in [0.2, 0.25) is 0 Å². The molecule has 0 radical (unpaired) electrons. The fourth-order valence-corrected chi connectivity index (χ4v) is 1.93. The molecule has 96 valence electrons. The lowest BCUT2D eigenvalue weighted by Gasteiger charge is -2.11. The van der Waals surface area contributed by atoms with E-state index in [1.165, 1.54) is 6.07 Å². The summed E-state index contributed by atoms with van der Waals surface area (Å²) in [7, 11) is 0.